The molecule has 6 nitrogen and oxygen atoms in total. The molecule has 1 aliphatic rings. The van der Waals surface area contributed by atoms with Crippen molar-refractivity contribution in [1.29, 1.82) is 5.26 Å². The minimum atomic E-state index is 0.701. The summed E-state index contributed by atoms with van der Waals surface area (Å²) in [5.74, 6) is 2.48. The normalized spacial score (nSPS) is 14.8. The Hall–Kier alpha value is -2.78. The highest BCUT2D eigenvalue weighted by molar-refractivity contribution is 5.49. The van der Waals surface area contributed by atoms with Crippen LogP contribution in [0.3, 0.4) is 0 Å². The second-order valence-electron chi connectivity index (χ2n) is 6.59. The Kier molecular flexibility index (Phi) is 5.59. The van der Waals surface area contributed by atoms with Crippen LogP contribution in [-0.2, 0) is 6.54 Å². The van der Waals surface area contributed by atoms with Gasteiger partial charge in [0.25, 0.3) is 5.82 Å². The van der Waals surface area contributed by atoms with Crippen LogP contribution < -0.4 is 24.3 Å². The van der Waals surface area contributed by atoms with Gasteiger partial charge in [-0.1, -0.05) is 0 Å². The molecule has 0 amide bonds. The molecule has 0 radical (unpaired) electrons. The molecule has 0 bridgehead atoms. The average molecular weight is 354 g/mol. The lowest BCUT2D eigenvalue weighted by molar-refractivity contribution is -0.914. The lowest BCUT2D eigenvalue weighted by Crippen LogP contribution is -3.13. The van der Waals surface area contributed by atoms with Gasteiger partial charge in [-0.2, -0.15) is 5.26 Å². The third-order valence-corrected chi connectivity index (χ3v) is 5.02. The summed E-state index contributed by atoms with van der Waals surface area (Å²) >= 11 is 0. The SMILES string of the molecule is COc1cc(C)c(C[NH+]2CCN(c3[nH+]cccc3C#N)CC2)cc1OC. The number of hydrogen-bond acceptors (Lipinski definition) is 4. The topological polar surface area (TPSA) is 64.1 Å². The molecule has 2 N–H and O–H groups in total. The Bertz CT molecular complexity index is 808. The van der Waals surface area contributed by atoms with Gasteiger partial charge in [0.05, 0.1) is 20.4 Å². The highest BCUT2D eigenvalue weighted by Gasteiger charge is 2.28. The molecule has 1 aromatic carbocycles. The number of ether oxygens (including phenoxy) is 2. The second kappa shape index (κ2) is 8.07. The maximum Gasteiger partial charge on any atom is 0.292 e. The van der Waals surface area contributed by atoms with E-state index in [0.29, 0.717) is 5.56 Å². The number of H-pyrrole nitrogens is 1. The first kappa shape index (κ1) is 18.0. The van der Waals surface area contributed by atoms with Gasteiger partial charge in [-0.3, -0.25) is 0 Å². The maximum atomic E-state index is 9.29. The van der Waals surface area contributed by atoms with Crippen molar-refractivity contribution in [2.24, 2.45) is 0 Å². The Balaban J connectivity index is 1.67. The first-order valence-corrected chi connectivity index (χ1v) is 8.87. The van der Waals surface area contributed by atoms with Crippen molar-refractivity contribution in [3.63, 3.8) is 0 Å². The van der Waals surface area contributed by atoms with Crippen LogP contribution in [0.4, 0.5) is 5.82 Å². The van der Waals surface area contributed by atoms with Crippen molar-refractivity contribution < 1.29 is 19.4 Å². The fraction of sp³-hybridized carbons (Fsp3) is 0.400. The van der Waals surface area contributed by atoms with Gasteiger partial charge < -0.3 is 14.4 Å². The van der Waals surface area contributed by atoms with E-state index < -0.39 is 0 Å². The summed E-state index contributed by atoms with van der Waals surface area (Å²) in [6.45, 7) is 6.99. The molecule has 0 spiro atoms. The van der Waals surface area contributed by atoms with Crippen LogP contribution in [0.2, 0.25) is 0 Å². The number of benzene rings is 1. The highest BCUT2D eigenvalue weighted by atomic mass is 16.5. The van der Waals surface area contributed by atoms with E-state index in [2.05, 4.69) is 28.9 Å². The second-order valence-corrected chi connectivity index (χ2v) is 6.59. The summed E-state index contributed by atoms with van der Waals surface area (Å²) in [7, 11) is 3.34. The number of nitrogens with zero attached hydrogens (tertiary/aromatic N) is 2. The van der Waals surface area contributed by atoms with Gasteiger partial charge in [0, 0.05) is 5.56 Å². The monoisotopic (exact) mass is 354 g/mol. The number of hydrogen-bond donors (Lipinski definition) is 1. The molecule has 2 heterocycles. The number of nitrogens with one attached hydrogen (secondary N) is 2. The van der Waals surface area contributed by atoms with Crippen molar-refractivity contribution in [3.05, 3.63) is 47.2 Å². The van der Waals surface area contributed by atoms with Gasteiger partial charge >= 0.3 is 0 Å². The lowest BCUT2D eigenvalue weighted by atomic mass is 10.1. The van der Waals surface area contributed by atoms with Gasteiger partial charge in [-0.15, -0.1) is 0 Å². The molecule has 1 fully saturated rings. The van der Waals surface area contributed by atoms with Crippen molar-refractivity contribution in [1.82, 2.24) is 0 Å². The van der Waals surface area contributed by atoms with E-state index in [1.54, 1.807) is 14.2 Å². The molecule has 2 aromatic rings. The number of aryl methyl sites for hydroxylation is 1. The molecule has 3 rings (SSSR count). The summed E-state index contributed by atoms with van der Waals surface area (Å²) in [6.07, 6.45) is 1.88. The molecule has 0 unspecified atom stereocenters. The van der Waals surface area contributed by atoms with Crippen LogP contribution in [0, 0.1) is 18.3 Å². The predicted octanol–water partition coefficient (Wildman–Crippen LogP) is 0.603. The van der Waals surface area contributed by atoms with Crippen LogP contribution in [0.15, 0.2) is 30.5 Å². The number of rotatable bonds is 5. The molecule has 136 valence electrons. The molecule has 1 saturated heterocycles. The summed E-state index contributed by atoms with van der Waals surface area (Å²) in [6, 6.07) is 10.1. The molecule has 26 heavy (non-hydrogen) atoms. The Morgan fingerprint density at radius 2 is 1.88 bits per heavy atom. The minimum absolute atomic E-state index is 0.701. The molecule has 1 aromatic heterocycles. The van der Waals surface area contributed by atoms with E-state index in [1.807, 2.05) is 24.4 Å². The van der Waals surface area contributed by atoms with Crippen molar-refractivity contribution >= 4 is 5.82 Å². The van der Waals surface area contributed by atoms with Gasteiger partial charge in [-0.25, -0.2) is 9.88 Å². The molecular weight excluding hydrogens is 328 g/mol. The largest absolute Gasteiger partial charge is 0.493 e. The van der Waals surface area contributed by atoms with Crippen molar-refractivity contribution in [2.45, 2.75) is 13.5 Å². The number of pyridine rings is 1. The van der Waals surface area contributed by atoms with Crippen LogP contribution in [0.1, 0.15) is 16.7 Å². The Labute approximate surface area is 154 Å². The average Bonchev–Trinajstić information content (AvgIpc) is 2.69. The number of anilines is 1. The van der Waals surface area contributed by atoms with E-state index in [9.17, 15) is 5.26 Å². The zero-order valence-corrected chi connectivity index (χ0v) is 15.6. The Morgan fingerprint density at radius 1 is 1.19 bits per heavy atom. The van der Waals surface area contributed by atoms with Gasteiger partial charge in [0.1, 0.15) is 44.4 Å². The van der Waals surface area contributed by atoms with E-state index in [1.165, 1.54) is 16.0 Å². The first-order chi connectivity index (χ1) is 12.7. The van der Waals surface area contributed by atoms with Gasteiger partial charge in [-0.05, 0) is 36.8 Å². The zero-order chi connectivity index (χ0) is 18.5. The van der Waals surface area contributed by atoms with Crippen LogP contribution in [0.5, 0.6) is 11.5 Å². The number of methoxy groups -OCH3 is 2. The fourth-order valence-electron chi connectivity index (χ4n) is 3.49. The molecule has 0 aliphatic carbocycles. The van der Waals surface area contributed by atoms with E-state index in [0.717, 1.165) is 50.0 Å². The maximum absolute atomic E-state index is 9.29. The summed E-state index contributed by atoms with van der Waals surface area (Å²) in [5, 5.41) is 9.29. The zero-order valence-electron chi connectivity index (χ0n) is 15.6. The molecule has 0 saturated carbocycles. The van der Waals surface area contributed by atoms with Crippen molar-refractivity contribution in [3.8, 4) is 17.6 Å². The quantitative estimate of drug-likeness (QED) is 0.854. The lowest BCUT2D eigenvalue weighted by Gasteiger charge is -2.29. The van der Waals surface area contributed by atoms with E-state index in [-0.39, 0.29) is 0 Å². The van der Waals surface area contributed by atoms with E-state index in [4.69, 9.17) is 9.47 Å². The number of piperazine rings is 1. The Morgan fingerprint density at radius 3 is 2.54 bits per heavy atom. The van der Waals surface area contributed by atoms with Gasteiger partial charge in [0.15, 0.2) is 11.5 Å². The minimum Gasteiger partial charge on any atom is -0.493 e. The summed E-state index contributed by atoms with van der Waals surface area (Å²) in [5.41, 5.74) is 3.21. The molecular formula is C20H26N4O2+2. The molecule has 0 atom stereocenters. The van der Waals surface area contributed by atoms with E-state index >= 15 is 0 Å². The van der Waals surface area contributed by atoms with Crippen LogP contribution >= 0.6 is 0 Å². The van der Waals surface area contributed by atoms with Crippen LogP contribution in [-0.4, -0.2) is 40.4 Å². The fourth-order valence-corrected chi connectivity index (χ4v) is 3.49. The smallest absolute Gasteiger partial charge is 0.292 e. The molecule has 1 aliphatic heterocycles. The standard InChI is InChI=1S/C20H24N4O2/c1-15-11-18(25-2)19(26-3)12-17(15)14-23-7-9-24(10-8-23)20-16(13-21)5-4-6-22-20/h4-6,11-12H,7-10,14H2,1-3H3/p+2. The number of quaternary nitrogens is 1. The first-order valence-electron chi connectivity index (χ1n) is 8.87. The third-order valence-electron chi connectivity index (χ3n) is 5.02. The number of aromatic amines is 1. The number of nitriles is 1. The van der Waals surface area contributed by atoms with Gasteiger partial charge in [0.2, 0.25) is 0 Å². The van der Waals surface area contributed by atoms with Crippen LogP contribution in [0.25, 0.3) is 0 Å². The van der Waals surface area contributed by atoms with Crippen molar-refractivity contribution in [2.75, 3.05) is 45.3 Å². The predicted molar refractivity (Wildman–Crippen MR) is 98.6 cm³/mol. The third kappa shape index (κ3) is 3.73. The number of aromatic nitrogens is 1. The molecule has 6 heteroatoms. The highest BCUT2D eigenvalue weighted by Crippen LogP contribution is 2.29. The summed E-state index contributed by atoms with van der Waals surface area (Å²) < 4.78 is 10.8. The summed E-state index contributed by atoms with van der Waals surface area (Å²) in [4.78, 5) is 7.02.